The van der Waals surface area contributed by atoms with Crippen LogP contribution in [-0.4, -0.2) is 31.3 Å². The molecule has 2 fully saturated rings. The molecular weight excluding hydrogens is 214 g/mol. The molecule has 0 aromatic rings. The molecule has 0 saturated heterocycles. The molecule has 4 nitrogen and oxygen atoms in total. The first-order valence-corrected chi connectivity index (χ1v) is 7.02. The molecule has 0 unspecified atom stereocenters. The molecular formula is C13H25N3O. The fraction of sp³-hybridized carbons (Fsp3) is 0.923. The van der Waals surface area contributed by atoms with Gasteiger partial charge in [-0.3, -0.25) is 4.99 Å². The van der Waals surface area contributed by atoms with Crippen LogP contribution < -0.4 is 11.1 Å². The van der Waals surface area contributed by atoms with Crippen LogP contribution in [0.4, 0.5) is 0 Å². The van der Waals surface area contributed by atoms with Crippen molar-refractivity contribution in [1.82, 2.24) is 5.32 Å². The van der Waals surface area contributed by atoms with E-state index in [0.717, 1.165) is 19.6 Å². The average Bonchev–Trinajstić information content (AvgIpc) is 3.14. The largest absolute Gasteiger partial charge is 0.378 e. The number of aliphatic imine (C=N–C) groups is 1. The molecule has 0 bridgehead atoms. The summed E-state index contributed by atoms with van der Waals surface area (Å²) in [4.78, 5) is 4.29. The van der Waals surface area contributed by atoms with Crippen LogP contribution in [0.5, 0.6) is 0 Å². The van der Waals surface area contributed by atoms with Crippen LogP contribution in [0.1, 0.15) is 51.4 Å². The number of hydrogen-bond donors (Lipinski definition) is 2. The van der Waals surface area contributed by atoms with Gasteiger partial charge in [-0.05, 0) is 32.1 Å². The molecule has 0 aromatic heterocycles. The second kappa shape index (κ2) is 6.84. The topological polar surface area (TPSA) is 59.6 Å². The van der Waals surface area contributed by atoms with Crippen molar-refractivity contribution in [3.05, 3.63) is 0 Å². The van der Waals surface area contributed by atoms with E-state index < -0.39 is 0 Å². The Balaban J connectivity index is 1.47. The standard InChI is InChI=1S/C13H25N3O/c14-13(16-11-7-8-11)15-9-4-10-17-12-5-2-1-3-6-12/h11-12H,1-10H2,(H3,14,15,16). The molecule has 17 heavy (non-hydrogen) atoms. The fourth-order valence-corrected chi connectivity index (χ4v) is 2.23. The zero-order valence-electron chi connectivity index (χ0n) is 10.7. The van der Waals surface area contributed by atoms with Gasteiger partial charge in [0.05, 0.1) is 6.10 Å². The lowest BCUT2D eigenvalue weighted by molar-refractivity contribution is 0.0281. The van der Waals surface area contributed by atoms with Crippen LogP contribution >= 0.6 is 0 Å². The second-order valence-electron chi connectivity index (χ2n) is 5.17. The van der Waals surface area contributed by atoms with Crippen molar-refractivity contribution in [3.63, 3.8) is 0 Å². The molecule has 2 aliphatic carbocycles. The zero-order chi connectivity index (χ0) is 11.9. The van der Waals surface area contributed by atoms with E-state index in [1.165, 1.54) is 44.9 Å². The lowest BCUT2D eigenvalue weighted by Gasteiger charge is -2.21. The third-order valence-electron chi connectivity index (χ3n) is 3.42. The Kier molecular flexibility index (Phi) is 5.10. The minimum atomic E-state index is 0.509. The van der Waals surface area contributed by atoms with E-state index >= 15 is 0 Å². The highest BCUT2D eigenvalue weighted by Gasteiger charge is 2.21. The first-order valence-electron chi connectivity index (χ1n) is 7.02. The van der Waals surface area contributed by atoms with Gasteiger partial charge >= 0.3 is 0 Å². The normalized spacial score (nSPS) is 22.7. The van der Waals surface area contributed by atoms with E-state index in [2.05, 4.69) is 10.3 Å². The maximum atomic E-state index is 5.83. The summed E-state index contributed by atoms with van der Waals surface area (Å²) < 4.78 is 5.83. The summed E-state index contributed by atoms with van der Waals surface area (Å²) in [6.45, 7) is 1.60. The molecule has 4 heteroatoms. The second-order valence-corrected chi connectivity index (χ2v) is 5.17. The number of nitrogens with one attached hydrogen (secondary N) is 1. The summed E-state index contributed by atoms with van der Waals surface area (Å²) >= 11 is 0. The number of nitrogens with two attached hydrogens (primary N) is 1. The predicted octanol–water partition coefficient (Wildman–Crippen LogP) is 1.79. The summed E-state index contributed by atoms with van der Waals surface area (Å²) in [7, 11) is 0. The SMILES string of the molecule is NC(=NCCCOC1CCCCC1)NC1CC1. The molecule has 0 radical (unpaired) electrons. The first-order chi connectivity index (χ1) is 8.34. The van der Waals surface area contributed by atoms with Gasteiger partial charge in [0.15, 0.2) is 5.96 Å². The Morgan fingerprint density at radius 3 is 2.65 bits per heavy atom. The number of rotatable bonds is 6. The van der Waals surface area contributed by atoms with E-state index in [-0.39, 0.29) is 0 Å². The van der Waals surface area contributed by atoms with Gasteiger partial charge in [-0.2, -0.15) is 0 Å². The summed E-state index contributed by atoms with van der Waals surface area (Å²) in [5.74, 6) is 0.602. The van der Waals surface area contributed by atoms with Crippen LogP contribution in [0.3, 0.4) is 0 Å². The Labute approximate surface area is 104 Å². The quantitative estimate of drug-likeness (QED) is 0.422. The minimum absolute atomic E-state index is 0.509. The highest BCUT2D eigenvalue weighted by atomic mass is 16.5. The van der Waals surface area contributed by atoms with Crippen LogP contribution in [0.2, 0.25) is 0 Å². The van der Waals surface area contributed by atoms with E-state index in [1.54, 1.807) is 0 Å². The highest BCUT2D eigenvalue weighted by Crippen LogP contribution is 2.20. The van der Waals surface area contributed by atoms with Gasteiger partial charge in [0.25, 0.3) is 0 Å². The molecule has 2 saturated carbocycles. The maximum absolute atomic E-state index is 5.83. The van der Waals surface area contributed by atoms with Gasteiger partial charge < -0.3 is 15.8 Å². The van der Waals surface area contributed by atoms with Crippen molar-refractivity contribution in [3.8, 4) is 0 Å². The van der Waals surface area contributed by atoms with Gasteiger partial charge in [0, 0.05) is 19.2 Å². The van der Waals surface area contributed by atoms with Gasteiger partial charge in [0.2, 0.25) is 0 Å². The molecule has 2 aliphatic rings. The molecule has 0 heterocycles. The van der Waals surface area contributed by atoms with E-state index in [4.69, 9.17) is 10.5 Å². The van der Waals surface area contributed by atoms with E-state index in [1.807, 2.05) is 0 Å². The van der Waals surface area contributed by atoms with Crippen molar-refractivity contribution in [2.24, 2.45) is 10.7 Å². The van der Waals surface area contributed by atoms with Crippen molar-refractivity contribution >= 4 is 5.96 Å². The van der Waals surface area contributed by atoms with Crippen LogP contribution in [0.25, 0.3) is 0 Å². The van der Waals surface area contributed by atoms with Crippen molar-refractivity contribution < 1.29 is 4.74 Å². The van der Waals surface area contributed by atoms with E-state index in [0.29, 0.717) is 18.1 Å². The Morgan fingerprint density at radius 1 is 1.18 bits per heavy atom. The zero-order valence-corrected chi connectivity index (χ0v) is 10.7. The summed E-state index contributed by atoms with van der Waals surface area (Å²) in [6.07, 6.45) is 10.5. The third kappa shape index (κ3) is 5.39. The summed E-state index contributed by atoms with van der Waals surface area (Å²) in [5, 5.41) is 3.18. The molecule has 98 valence electrons. The number of ether oxygens (including phenoxy) is 1. The molecule has 0 amide bonds. The Morgan fingerprint density at radius 2 is 1.94 bits per heavy atom. The van der Waals surface area contributed by atoms with Crippen molar-refractivity contribution in [1.29, 1.82) is 0 Å². The predicted molar refractivity (Wildman–Crippen MR) is 70.1 cm³/mol. The average molecular weight is 239 g/mol. The lowest BCUT2D eigenvalue weighted by atomic mass is 9.98. The molecule has 0 aliphatic heterocycles. The molecule has 3 N–H and O–H groups in total. The van der Waals surface area contributed by atoms with Crippen LogP contribution in [0.15, 0.2) is 4.99 Å². The fourth-order valence-electron chi connectivity index (χ4n) is 2.23. The third-order valence-corrected chi connectivity index (χ3v) is 3.42. The molecule has 0 spiro atoms. The highest BCUT2D eigenvalue weighted by molar-refractivity contribution is 5.78. The van der Waals surface area contributed by atoms with Crippen LogP contribution in [0, 0.1) is 0 Å². The summed E-state index contributed by atoms with van der Waals surface area (Å²) in [6, 6.07) is 0.595. The molecule has 0 aromatic carbocycles. The van der Waals surface area contributed by atoms with Crippen molar-refractivity contribution in [2.75, 3.05) is 13.2 Å². The molecule has 2 rings (SSSR count). The molecule has 0 atom stereocenters. The Hall–Kier alpha value is -0.770. The minimum Gasteiger partial charge on any atom is -0.378 e. The number of guanidine groups is 1. The van der Waals surface area contributed by atoms with Gasteiger partial charge in [-0.15, -0.1) is 0 Å². The lowest BCUT2D eigenvalue weighted by Crippen LogP contribution is -2.33. The number of nitrogens with zero attached hydrogens (tertiary/aromatic N) is 1. The van der Waals surface area contributed by atoms with E-state index in [9.17, 15) is 0 Å². The summed E-state index contributed by atoms with van der Waals surface area (Å²) in [5.41, 5.74) is 5.74. The van der Waals surface area contributed by atoms with Gasteiger partial charge in [-0.1, -0.05) is 19.3 Å². The monoisotopic (exact) mass is 239 g/mol. The Bertz CT molecular complexity index is 245. The van der Waals surface area contributed by atoms with Crippen molar-refractivity contribution in [2.45, 2.75) is 63.5 Å². The first kappa shape index (κ1) is 12.7. The maximum Gasteiger partial charge on any atom is 0.188 e. The van der Waals surface area contributed by atoms with Gasteiger partial charge in [0.1, 0.15) is 0 Å². The van der Waals surface area contributed by atoms with Crippen LogP contribution in [-0.2, 0) is 4.74 Å². The number of hydrogen-bond acceptors (Lipinski definition) is 2. The van der Waals surface area contributed by atoms with Gasteiger partial charge in [-0.25, -0.2) is 0 Å². The smallest absolute Gasteiger partial charge is 0.188 e.